The summed E-state index contributed by atoms with van der Waals surface area (Å²) >= 11 is 0. The molecule has 354 valence electrons. The van der Waals surface area contributed by atoms with E-state index in [0.29, 0.717) is 19.3 Å². The Morgan fingerprint density at radius 2 is 0.459 bits per heavy atom. The lowest BCUT2D eigenvalue weighted by atomic mass is 10.1. The van der Waals surface area contributed by atoms with Gasteiger partial charge in [-0.3, -0.25) is 14.4 Å². The minimum atomic E-state index is -0.671. The summed E-state index contributed by atoms with van der Waals surface area (Å²) in [4.78, 5) is 31.0. The maximum atomic E-state index is 10.3. The maximum absolute atomic E-state index is 10.3. The number of hydrogen-bond donors (Lipinski definition) is 3. The van der Waals surface area contributed by atoms with Crippen LogP contribution in [0.15, 0.2) is 72.9 Å². The van der Waals surface area contributed by atoms with Gasteiger partial charge in [0.25, 0.3) is 0 Å². The highest BCUT2D eigenvalue weighted by Crippen LogP contribution is 2.11. The number of aliphatic carboxylic acids is 3. The first-order chi connectivity index (χ1) is 29.3. The molecule has 0 aromatic heterocycles. The summed E-state index contributed by atoms with van der Waals surface area (Å²) in [6.45, 7) is 6.70. The summed E-state index contributed by atoms with van der Waals surface area (Å²) in [5.41, 5.74) is 0. The van der Waals surface area contributed by atoms with Gasteiger partial charge in [-0.2, -0.15) is 0 Å². The highest BCUT2D eigenvalue weighted by molar-refractivity contribution is 5.75. The highest BCUT2D eigenvalue weighted by Gasteiger charge is 1.98. The fourth-order valence-electron chi connectivity index (χ4n) is 6.26. The van der Waals surface area contributed by atoms with Gasteiger partial charge >= 0.3 is 17.9 Å². The number of allylic oxidation sites excluding steroid dienone is 12. The van der Waals surface area contributed by atoms with Crippen molar-refractivity contribution >= 4 is 35.3 Å². The van der Waals surface area contributed by atoms with Crippen LogP contribution in [-0.4, -0.2) is 50.6 Å². The van der Waals surface area contributed by atoms with Crippen molar-refractivity contribution in [1.82, 2.24) is 0 Å². The van der Waals surface area contributed by atoms with Gasteiger partial charge in [0.2, 0.25) is 0 Å². The van der Waals surface area contributed by atoms with Gasteiger partial charge < -0.3 is 15.3 Å². The summed E-state index contributed by atoms with van der Waals surface area (Å²) in [7, 11) is 0. The minimum Gasteiger partial charge on any atom is -0.481 e. The largest absolute Gasteiger partial charge is 0.481 e. The van der Waals surface area contributed by atoms with E-state index in [0.717, 1.165) is 77.0 Å². The van der Waals surface area contributed by atoms with Crippen LogP contribution in [0.5, 0.6) is 0 Å². The normalized spacial score (nSPS) is 11.5. The molecule has 0 radical (unpaired) electrons. The molecule has 0 aliphatic heterocycles. The summed E-state index contributed by atoms with van der Waals surface area (Å²) in [6.07, 6.45) is 66.8. The van der Waals surface area contributed by atoms with Crippen molar-refractivity contribution in [3.63, 3.8) is 0 Å². The Hall–Kier alpha value is -2.62. The molecule has 0 bridgehead atoms. The average Bonchev–Trinajstić information content (AvgIpc) is 3.22. The van der Waals surface area contributed by atoms with Crippen LogP contribution in [0.4, 0.5) is 0 Å². The SMILES string of the molecule is CCCCC/C=C\C/C=C\CCCCCCCC(=O)O.CCCCC/C=C\C/C=C\CCCCCCCC(=O)O.CCCCC/C=C\C/C=C\CCCCCCCC(=O)O.[AlH3]. The van der Waals surface area contributed by atoms with E-state index in [1.165, 1.54) is 135 Å². The van der Waals surface area contributed by atoms with Crippen molar-refractivity contribution in [3.8, 4) is 0 Å². The van der Waals surface area contributed by atoms with Gasteiger partial charge in [0, 0.05) is 19.3 Å². The van der Waals surface area contributed by atoms with Gasteiger partial charge in [0.1, 0.15) is 0 Å². The molecule has 0 fully saturated rings. The minimum absolute atomic E-state index is 0. The van der Waals surface area contributed by atoms with Crippen molar-refractivity contribution in [2.24, 2.45) is 0 Å². The first-order valence-corrected chi connectivity index (χ1v) is 24.9. The molecule has 0 saturated heterocycles. The van der Waals surface area contributed by atoms with Crippen LogP contribution in [0.2, 0.25) is 0 Å². The van der Waals surface area contributed by atoms with Crippen LogP contribution in [0.25, 0.3) is 0 Å². The quantitative estimate of drug-likeness (QED) is 0.0320. The number of carboxylic acids is 3. The molecular weight excluding hydrogens is 772 g/mol. The lowest BCUT2D eigenvalue weighted by Gasteiger charge is -1.98. The molecule has 0 spiro atoms. The predicted molar refractivity (Wildman–Crippen MR) is 271 cm³/mol. The van der Waals surface area contributed by atoms with E-state index >= 15 is 0 Å². The highest BCUT2D eigenvalue weighted by atomic mass is 27.0. The maximum Gasteiger partial charge on any atom is 0.303 e. The zero-order valence-electron chi connectivity index (χ0n) is 39.5. The second-order valence-corrected chi connectivity index (χ2v) is 16.1. The van der Waals surface area contributed by atoms with E-state index in [9.17, 15) is 14.4 Å². The Kier molecular flexibility index (Phi) is 65.7. The molecule has 3 N–H and O–H groups in total. The topological polar surface area (TPSA) is 112 Å². The Morgan fingerprint density at radius 3 is 0.656 bits per heavy atom. The van der Waals surface area contributed by atoms with E-state index in [1.54, 1.807) is 0 Å². The third-order valence-corrected chi connectivity index (χ3v) is 10.0. The Bertz CT molecular complexity index is 940. The van der Waals surface area contributed by atoms with E-state index in [1.807, 2.05) is 0 Å². The molecule has 0 amide bonds. The van der Waals surface area contributed by atoms with Gasteiger partial charge in [-0.15, -0.1) is 0 Å². The molecule has 7 heteroatoms. The standard InChI is InChI=1S/3C18H32O2.Al.3H/c3*1-2-3-4-5-6-7-8-9-10-11-12-13-14-15-16-17-18(19)20;;;;/h3*6-7,9-10H,2-5,8,11-17H2,1H3,(H,19,20);;;;/b3*7-6-,10-9-;;;;. The lowest BCUT2D eigenvalue weighted by Crippen LogP contribution is -1.93. The van der Waals surface area contributed by atoms with Crippen LogP contribution in [0.3, 0.4) is 0 Å². The average molecular weight is 871 g/mol. The lowest BCUT2D eigenvalue weighted by molar-refractivity contribution is -0.138. The fourth-order valence-corrected chi connectivity index (χ4v) is 6.26. The first-order valence-electron chi connectivity index (χ1n) is 24.9. The number of rotatable bonds is 42. The molecule has 6 nitrogen and oxygen atoms in total. The number of carbonyl (C=O) groups is 3. The number of hydrogen-bond acceptors (Lipinski definition) is 3. The predicted octanol–water partition coefficient (Wildman–Crippen LogP) is 16.5. The van der Waals surface area contributed by atoms with Crippen molar-refractivity contribution in [1.29, 1.82) is 0 Å². The van der Waals surface area contributed by atoms with Crippen molar-refractivity contribution < 1.29 is 29.7 Å². The van der Waals surface area contributed by atoms with E-state index in [-0.39, 0.29) is 17.4 Å². The Balaban J connectivity index is -0.000000396. The summed E-state index contributed by atoms with van der Waals surface area (Å²) in [6, 6.07) is 0. The van der Waals surface area contributed by atoms with Crippen molar-refractivity contribution in [2.75, 3.05) is 0 Å². The Morgan fingerprint density at radius 1 is 0.279 bits per heavy atom. The third-order valence-electron chi connectivity index (χ3n) is 10.0. The Labute approximate surface area is 388 Å². The van der Waals surface area contributed by atoms with Gasteiger partial charge in [-0.25, -0.2) is 0 Å². The number of unbranched alkanes of at least 4 members (excludes halogenated alkanes) is 24. The van der Waals surface area contributed by atoms with Crippen LogP contribution >= 0.6 is 0 Å². The molecule has 0 heterocycles. The van der Waals surface area contributed by atoms with Crippen LogP contribution in [-0.2, 0) is 14.4 Å². The van der Waals surface area contributed by atoms with Gasteiger partial charge in [-0.1, -0.05) is 190 Å². The summed E-state index contributed by atoms with van der Waals surface area (Å²) in [5, 5.41) is 25.5. The van der Waals surface area contributed by atoms with Crippen molar-refractivity contribution in [2.45, 2.75) is 252 Å². The molecule has 0 unspecified atom stereocenters. The van der Waals surface area contributed by atoms with E-state index < -0.39 is 17.9 Å². The van der Waals surface area contributed by atoms with E-state index in [2.05, 4.69) is 93.7 Å². The molecular formula is C54H99AlO6. The van der Waals surface area contributed by atoms with Crippen LogP contribution < -0.4 is 0 Å². The smallest absolute Gasteiger partial charge is 0.303 e. The molecule has 0 aromatic carbocycles. The molecule has 0 atom stereocenters. The van der Waals surface area contributed by atoms with Gasteiger partial charge in [0.15, 0.2) is 17.4 Å². The number of carboxylic acid groups (broad SMARTS) is 3. The second kappa shape index (κ2) is 61.7. The van der Waals surface area contributed by atoms with Gasteiger partial charge in [0.05, 0.1) is 0 Å². The molecule has 0 saturated carbocycles. The zero-order chi connectivity index (χ0) is 44.7. The molecule has 0 aliphatic rings. The van der Waals surface area contributed by atoms with E-state index in [4.69, 9.17) is 15.3 Å². The molecule has 0 aliphatic carbocycles. The summed E-state index contributed by atoms with van der Waals surface area (Å²) < 4.78 is 0. The molecule has 0 aromatic rings. The first kappa shape index (κ1) is 65.0. The molecule has 61 heavy (non-hydrogen) atoms. The van der Waals surface area contributed by atoms with Crippen LogP contribution in [0, 0.1) is 0 Å². The summed E-state index contributed by atoms with van der Waals surface area (Å²) in [5.74, 6) is -2.01. The molecule has 0 rings (SSSR count). The van der Waals surface area contributed by atoms with Crippen LogP contribution in [0.1, 0.15) is 252 Å². The van der Waals surface area contributed by atoms with Gasteiger partial charge in [-0.05, 0) is 116 Å². The monoisotopic (exact) mass is 871 g/mol. The fraction of sp³-hybridized carbons (Fsp3) is 0.722. The zero-order valence-corrected chi connectivity index (χ0v) is 39.5. The third kappa shape index (κ3) is 75.2. The van der Waals surface area contributed by atoms with Crippen molar-refractivity contribution in [3.05, 3.63) is 72.9 Å². The second-order valence-electron chi connectivity index (χ2n) is 16.1.